The lowest BCUT2D eigenvalue weighted by molar-refractivity contribution is -0.138. The standard InChI is InChI=1S/C21H22N2O4/c1-5-15-6-7-18-16(11-21(25)27-19(18)10-15)12-26-20(24)9-8-17-13(2)22-23(4)14(17)3/h6-11H,5,12H2,1-4H3/b9-8+. The van der Waals surface area contributed by atoms with Gasteiger partial charge in [0.1, 0.15) is 12.2 Å². The molecule has 6 nitrogen and oxygen atoms in total. The summed E-state index contributed by atoms with van der Waals surface area (Å²) in [5.41, 5.74) is 4.45. The summed E-state index contributed by atoms with van der Waals surface area (Å²) < 4.78 is 12.4. The highest BCUT2D eigenvalue weighted by atomic mass is 16.5. The van der Waals surface area contributed by atoms with E-state index in [1.54, 1.807) is 10.8 Å². The first-order valence-corrected chi connectivity index (χ1v) is 8.79. The average molecular weight is 366 g/mol. The van der Waals surface area contributed by atoms with Crippen molar-refractivity contribution in [2.24, 2.45) is 7.05 Å². The molecule has 0 aliphatic carbocycles. The lowest BCUT2D eigenvalue weighted by Gasteiger charge is -2.07. The summed E-state index contributed by atoms with van der Waals surface area (Å²) in [7, 11) is 1.86. The van der Waals surface area contributed by atoms with Gasteiger partial charge in [-0.2, -0.15) is 5.10 Å². The van der Waals surface area contributed by atoms with Gasteiger partial charge in [-0.15, -0.1) is 0 Å². The van der Waals surface area contributed by atoms with E-state index < -0.39 is 11.6 Å². The van der Waals surface area contributed by atoms with Crippen LogP contribution in [0.2, 0.25) is 0 Å². The third-order valence-corrected chi connectivity index (χ3v) is 4.62. The fourth-order valence-corrected chi connectivity index (χ4v) is 2.99. The van der Waals surface area contributed by atoms with E-state index in [2.05, 4.69) is 5.10 Å². The molecule has 6 heteroatoms. The summed E-state index contributed by atoms with van der Waals surface area (Å²) >= 11 is 0. The first-order chi connectivity index (χ1) is 12.9. The molecular weight excluding hydrogens is 344 g/mol. The normalized spacial score (nSPS) is 11.4. The predicted molar refractivity (Wildman–Crippen MR) is 103 cm³/mol. The Morgan fingerprint density at radius 3 is 2.74 bits per heavy atom. The highest BCUT2D eigenvalue weighted by Crippen LogP contribution is 2.20. The van der Waals surface area contributed by atoms with Gasteiger partial charge in [0.05, 0.1) is 5.69 Å². The number of hydrogen-bond acceptors (Lipinski definition) is 5. The van der Waals surface area contributed by atoms with Gasteiger partial charge in [-0.1, -0.05) is 19.1 Å². The third-order valence-electron chi connectivity index (χ3n) is 4.62. The fourth-order valence-electron chi connectivity index (χ4n) is 2.99. The Morgan fingerprint density at radius 1 is 1.30 bits per heavy atom. The van der Waals surface area contributed by atoms with Crippen LogP contribution in [-0.2, 0) is 29.6 Å². The highest BCUT2D eigenvalue weighted by molar-refractivity contribution is 5.88. The second kappa shape index (κ2) is 7.61. The van der Waals surface area contributed by atoms with Crippen LogP contribution in [-0.4, -0.2) is 15.7 Å². The molecule has 0 amide bonds. The molecule has 0 atom stereocenters. The molecule has 3 aromatic rings. The fraction of sp³-hybridized carbons (Fsp3) is 0.286. The predicted octanol–water partition coefficient (Wildman–Crippen LogP) is 3.46. The minimum Gasteiger partial charge on any atom is -0.458 e. The van der Waals surface area contributed by atoms with Crippen molar-refractivity contribution < 1.29 is 13.9 Å². The van der Waals surface area contributed by atoms with Crippen LogP contribution in [0.3, 0.4) is 0 Å². The Bertz CT molecular complexity index is 1090. The van der Waals surface area contributed by atoms with Gasteiger partial charge in [0.25, 0.3) is 0 Å². The van der Waals surface area contributed by atoms with Crippen molar-refractivity contribution in [2.75, 3.05) is 0 Å². The summed E-state index contributed by atoms with van der Waals surface area (Å²) in [6.45, 7) is 5.85. The van der Waals surface area contributed by atoms with Gasteiger partial charge in [-0.25, -0.2) is 9.59 Å². The largest absolute Gasteiger partial charge is 0.458 e. The number of benzene rings is 1. The molecular formula is C21H22N2O4. The molecule has 2 heterocycles. The van der Waals surface area contributed by atoms with Gasteiger partial charge >= 0.3 is 11.6 Å². The van der Waals surface area contributed by atoms with Crippen LogP contribution < -0.4 is 5.63 Å². The number of carbonyl (C=O) groups is 1. The number of aryl methyl sites for hydroxylation is 3. The van der Waals surface area contributed by atoms with Crippen molar-refractivity contribution in [3.8, 4) is 0 Å². The van der Waals surface area contributed by atoms with Crippen molar-refractivity contribution >= 4 is 23.0 Å². The van der Waals surface area contributed by atoms with Gasteiger partial charge < -0.3 is 9.15 Å². The minimum absolute atomic E-state index is 0.00174. The van der Waals surface area contributed by atoms with E-state index in [0.717, 1.165) is 34.3 Å². The van der Waals surface area contributed by atoms with Crippen LogP contribution in [0, 0.1) is 13.8 Å². The van der Waals surface area contributed by atoms with Crippen LogP contribution in [0.4, 0.5) is 0 Å². The van der Waals surface area contributed by atoms with Crippen LogP contribution in [0.25, 0.3) is 17.0 Å². The van der Waals surface area contributed by atoms with E-state index in [4.69, 9.17) is 9.15 Å². The Morgan fingerprint density at radius 2 is 2.07 bits per heavy atom. The monoisotopic (exact) mass is 366 g/mol. The molecule has 1 aromatic carbocycles. The first-order valence-electron chi connectivity index (χ1n) is 8.79. The van der Waals surface area contributed by atoms with Gasteiger partial charge in [-0.3, -0.25) is 4.68 Å². The number of hydrogen-bond donors (Lipinski definition) is 0. The lowest BCUT2D eigenvalue weighted by atomic mass is 10.1. The Balaban J connectivity index is 1.77. The number of nitrogens with zero attached hydrogens (tertiary/aromatic N) is 2. The van der Waals surface area contributed by atoms with E-state index >= 15 is 0 Å². The van der Waals surface area contributed by atoms with Gasteiger partial charge in [0, 0.05) is 41.4 Å². The number of fused-ring (bicyclic) bond motifs is 1. The summed E-state index contributed by atoms with van der Waals surface area (Å²) in [6, 6.07) is 7.07. The molecule has 0 N–H and O–H groups in total. The molecule has 0 spiro atoms. The van der Waals surface area contributed by atoms with E-state index in [1.807, 2.05) is 46.0 Å². The molecule has 0 fully saturated rings. The summed E-state index contributed by atoms with van der Waals surface area (Å²) in [4.78, 5) is 23.9. The molecule has 0 aliphatic rings. The van der Waals surface area contributed by atoms with E-state index in [1.165, 1.54) is 12.1 Å². The molecule has 27 heavy (non-hydrogen) atoms. The molecule has 0 saturated carbocycles. The second-order valence-corrected chi connectivity index (χ2v) is 6.42. The number of carbonyl (C=O) groups excluding carboxylic acids is 1. The Labute approximate surface area is 157 Å². The van der Waals surface area contributed by atoms with Crippen LogP contribution in [0.15, 0.2) is 39.6 Å². The zero-order valence-electron chi connectivity index (χ0n) is 15.9. The zero-order chi connectivity index (χ0) is 19.6. The summed E-state index contributed by atoms with van der Waals surface area (Å²) in [6.07, 6.45) is 3.92. The van der Waals surface area contributed by atoms with Crippen molar-refractivity contribution in [3.63, 3.8) is 0 Å². The maximum atomic E-state index is 12.1. The quantitative estimate of drug-likeness (QED) is 0.393. The maximum Gasteiger partial charge on any atom is 0.336 e. The number of esters is 1. The van der Waals surface area contributed by atoms with Gasteiger partial charge in [0.15, 0.2) is 0 Å². The summed E-state index contributed by atoms with van der Waals surface area (Å²) in [5, 5.41) is 5.07. The number of ether oxygens (including phenoxy) is 1. The third kappa shape index (κ3) is 4.00. The number of rotatable bonds is 5. The average Bonchev–Trinajstić information content (AvgIpc) is 2.88. The van der Waals surface area contributed by atoms with Crippen LogP contribution >= 0.6 is 0 Å². The Hall–Kier alpha value is -3.15. The SMILES string of the molecule is CCc1ccc2c(COC(=O)/C=C/c3c(C)nn(C)c3C)cc(=O)oc2c1. The second-order valence-electron chi connectivity index (χ2n) is 6.42. The smallest absolute Gasteiger partial charge is 0.336 e. The van der Waals surface area contributed by atoms with Crippen molar-refractivity contribution in [1.29, 1.82) is 0 Å². The molecule has 0 aliphatic heterocycles. The summed E-state index contributed by atoms with van der Waals surface area (Å²) in [5.74, 6) is -0.482. The zero-order valence-corrected chi connectivity index (χ0v) is 15.9. The van der Waals surface area contributed by atoms with Gasteiger partial charge in [0.2, 0.25) is 0 Å². The van der Waals surface area contributed by atoms with Crippen molar-refractivity contribution in [1.82, 2.24) is 9.78 Å². The molecule has 140 valence electrons. The molecule has 2 aromatic heterocycles. The molecule has 3 rings (SSSR count). The molecule has 0 bridgehead atoms. The van der Waals surface area contributed by atoms with E-state index in [0.29, 0.717) is 11.1 Å². The van der Waals surface area contributed by atoms with Gasteiger partial charge in [-0.05, 0) is 38.0 Å². The van der Waals surface area contributed by atoms with Crippen molar-refractivity contribution in [3.05, 3.63) is 68.8 Å². The van der Waals surface area contributed by atoms with Crippen LogP contribution in [0.1, 0.15) is 35.0 Å². The van der Waals surface area contributed by atoms with Crippen LogP contribution in [0.5, 0.6) is 0 Å². The minimum atomic E-state index is -0.482. The molecule has 0 saturated heterocycles. The van der Waals surface area contributed by atoms with Crippen molar-refractivity contribution in [2.45, 2.75) is 33.8 Å². The molecule has 0 radical (unpaired) electrons. The maximum absolute atomic E-state index is 12.1. The first kappa shape index (κ1) is 18.6. The van der Waals surface area contributed by atoms with E-state index in [9.17, 15) is 9.59 Å². The Kier molecular flexibility index (Phi) is 5.26. The number of aromatic nitrogens is 2. The lowest BCUT2D eigenvalue weighted by Crippen LogP contribution is -2.06. The van der Waals surface area contributed by atoms with E-state index in [-0.39, 0.29) is 6.61 Å². The topological polar surface area (TPSA) is 74.3 Å². The highest BCUT2D eigenvalue weighted by Gasteiger charge is 2.10. The molecule has 0 unspecified atom stereocenters.